The average molecular weight is 411 g/mol. The Labute approximate surface area is 183 Å². The van der Waals surface area contributed by atoms with Gasteiger partial charge in [-0.3, -0.25) is 4.79 Å². The summed E-state index contributed by atoms with van der Waals surface area (Å²) in [4.78, 5) is 16.8. The van der Waals surface area contributed by atoms with Crippen LogP contribution in [0, 0.1) is 0 Å². The van der Waals surface area contributed by atoms with Gasteiger partial charge in [0.2, 0.25) is 5.91 Å². The summed E-state index contributed by atoms with van der Waals surface area (Å²) in [5.41, 5.74) is 3.40. The second-order valence-electron chi connectivity index (χ2n) is 7.52. The second-order valence-corrected chi connectivity index (χ2v) is 7.52. The number of rotatable bonds is 9. The zero-order valence-corrected chi connectivity index (χ0v) is 17.4. The molecular formula is C27H26N2O2. The lowest BCUT2D eigenvalue weighted by Crippen LogP contribution is -2.28. The van der Waals surface area contributed by atoms with Crippen LogP contribution in [0.2, 0.25) is 0 Å². The molecule has 0 atom stereocenters. The molecule has 0 fully saturated rings. The summed E-state index contributed by atoms with van der Waals surface area (Å²) in [5, 5.41) is 3.11. The van der Waals surface area contributed by atoms with Gasteiger partial charge in [-0.05, 0) is 17.5 Å². The highest BCUT2D eigenvalue weighted by Crippen LogP contribution is 2.24. The molecule has 4 aromatic rings. The van der Waals surface area contributed by atoms with Crippen molar-refractivity contribution in [1.82, 2.24) is 10.3 Å². The van der Waals surface area contributed by atoms with Crippen LogP contribution in [-0.2, 0) is 11.2 Å². The standard InChI is InChI=1S/C27H26N2O2/c30-26(17-10-18-27-29-20-25(31-27)23-15-8-3-9-16-23)28-19-24(21-11-4-1-5-12-21)22-13-6-2-7-14-22/h1-9,11-16,20,24H,10,17-19H2,(H,28,30). The number of hydrogen-bond acceptors (Lipinski definition) is 3. The first kappa shape index (κ1) is 20.6. The normalized spacial score (nSPS) is 10.9. The number of carbonyl (C=O) groups is 1. The van der Waals surface area contributed by atoms with E-state index in [4.69, 9.17) is 4.42 Å². The van der Waals surface area contributed by atoms with Gasteiger partial charge in [-0.15, -0.1) is 0 Å². The van der Waals surface area contributed by atoms with Gasteiger partial charge in [0.05, 0.1) is 6.20 Å². The van der Waals surface area contributed by atoms with E-state index in [0.717, 1.165) is 11.3 Å². The highest BCUT2D eigenvalue weighted by atomic mass is 16.4. The highest BCUT2D eigenvalue weighted by Gasteiger charge is 2.15. The number of oxazole rings is 1. The largest absolute Gasteiger partial charge is 0.441 e. The van der Waals surface area contributed by atoms with Crippen LogP contribution in [0.15, 0.2) is 102 Å². The summed E-state index contributed by atoms with van der Waals surface area (Å²) in [7, 11) is 0. The minimum atomic E-state index is 0.0479. The van der Waals surface area contributed by atoms with Gasteiger partial charge in [0.25, 0.3) is 0 Å². The summed E-state index contributed by atoms with van der Waals surface area (Å²) >= 11 is 0. The predicted molar refractivity (Wildman–Crippen MR) is 123 cm³/mol. The van der Waals surface area contributed by atoms with Crippen LogP contribution >= 0.6 is 0 Å². The van der Waals surface area contributed by atoms with Crippen molar-refractivity contribution >= 4 is 5.91 Å². The van der Waals surface area contributed by atoms with E-state index in [2.05, 4.69) is 34.6 Å². The monoisotopic (exact) mass is 410 g/mol. The molecule has 0 aliphatic heterocycles. The lowest BCUT2D eigenvalue weighted by Gasteiger charge is -2.19. The molecule has 1 N–H and O–H groups in total. The first-order valence-electron chi connectivity index (χ1n) is 10.7. The quantitative estimate of drug-likeness (QED) is 0.390. The van der Waals surface area contributed by atoms with E-state index in [1.807, 2.05) is 66.7 Å². The van der Waals surface area contributed by atoms with Gasteiger partial charge in [-0.2, -0.15) is 0 Å². The lowest BCUT2D eigenvalue weighted by atomic mass is 9.91. The van der Waals surface area contributed by atoms with Crippen molar-refractivity contribution in [2.45, 2.75) is 25.2 Å². The van der Waals surface area contributed by atoms with E-state index in [1.54, 1.807) is 6.20 Å². The van der Waals surface area contributed by atoms with Crippen molar-refractivity contribution in [1.29, 1.82) is 0 Å². The summed E-state index contributed by atoms with van der Waals surface area (Å²) < 4.78 is 5.82. The van der Waals surface area contributed by atoms with Crippen molar-refractivity contribution in [2.75, 3.05) is 6.54 Å². The fourth-order valence-corrected chi connectivity index (χ4v) is 3.67. The lowest BCUT2D eigenvalue weighted by molar-refractivity contribution is -0.121. The Morgan fingerprint density at radius 2 is 1.42 bits per heavy atom. The molecule has 3 aromatic carbocycles. The van der Waals surface area contributed by atoms with Crippen molar-refractivity contribution < 1.29 is 9.21 Å². The highest BCUT2D eigenvalue weighted by molar-refractivity contribution is 5.76. The molecule has 156 valence electrons. The third-order valence-corrected chi connectivity index (χ3v) is 5.31. The van der Waals surface area contributed by atoms with Crippen LogP contribution in [-0.4, -0.2) is 17.4 Å². The molecule has 0 unspecified atom stereocenters. The molecule has 0 aliphatic rings. The number of nitrogens with zero attached hydrogens (tertiary/aromatic N) is 1. The molecule has 4 rings (SSSR count). The average Bonchev–Trinajstić information content (AvgIpc) is 3.30. The maximum Gasteiger partial charge on any atom is 0.220 e. The molecule has 0 spiro atoms. The third-order valence-electron chi connectivity index (χ3n) is 5.31. The Bertz CT molecular complexity index is 1040. The van der Waals surface area contributed by atoms with E-state index < -0.39 is 0 Å². The van der Waals surface area contributed by atoms with Crippen molar-refractivity contribution in [3.8, 4) is 11.3 Å². The van der Waals surface area contributed by atoms with Crippen molar-refractivity contribution in [3.63, 3.8) is 0 Å². The molecule has 1 heterocycles. The molecule has 0 saturated carbocycles. The molecule has 1 amide bonds. The Balaban J connectivity index is 1.29. The maximum absolute atomic E-state index is 12.5. The number of hydrogen-bond donors (Lipinski definition) is 1. The third kappa shape index (κ3) is 5.70. The first-order chi connectivity index (χ1) is 15.3. The SMILES string of the molecule is O=C(CCCc1ncc(-c2ccccc2)o1)NCC(c1ccccc1)c1ccccc1. The van der Waals surface area contributed by atoms with Gasteiger partial charge in [-0.25, -0.2) is 4.98 Å². The number of aryl methyl sites for hydroxylation is 1. The van der Waals surface area contributed by atoms with Gasteiger partial charge in [0, 0.05) is 30.9 Å². The minimum absolute atomic E-state index is 0.0479. The Kier molecular flexibility index (Phi) is 6.91. The maximum atomic E-state index is 12.5. The number of nitrogens with one attached hydrogen (secondary N) is 1. The Morgan fingerprint density at radius 3 is 2.03 bits per heavy atom. The van der Waals surface area contributed by atoms with Crippen LogP contribution in [0.3, 0.4) is 0 Å². The Morgan fingerprint density at radius 1 is 0.839 bits per heavy atom. The predicted octanol–water partition coefficient (Wildman–Crippen LogP) is 5.61. The minimum Gasteiger partial charge on any atom is -0.441 e. The fourth-order valence-electron chi connectivity index (χ4n) is 3.67. The van der Waals surface area contributed by atoms with E-state index >= 15 is 0 Å². The number of aromatic nitrogens is 1. The molecule has 0 saturated heterocycles. The van der Waals surface area contributed by atoms with Crippen LogP contribution in [0.5, 0.6) is 0 Å². The Hall–Kier alpha value is -3.66. The first-order valence-corrected chi connectivity index (χ1v) is 10.7. The van der Waals surface area contributed by atoms with Gasteiger partial charge in [-0.1, -0.05) is 91.0 Å². The zero-order valence-electron chi connectivity index (χ0n) is 17.4. The fraction of sp³-hybridized carbons (Fsp3) is 0.185. The molecule has 4 heteroatoms. The topological polar surface area (TPSA) is 55.1 Å². The van der Waals surface area contributed by atoms with Crippen LogP contribution < -0.4 is 5.32 Å². The summed E-state index contributed by atoms with van der Waals surface area (Å²) in [6.45, 7) is 0.573. The van der Waals surface area contributed by atoms with E-state index in [0.29, 0.717) is 31.7 Å². The van der Waals surface area contributed by atoms with Gasteiger partial charge in [0.1, 0.15) is 0 Å². The van der Waals surface area contributed by atoms with Crippen LogP contribution in [0.25, 0.3) is 11.3 Å². The molecular weight excluding hydrogens is 384 g/mol. The molecule has 31 heavy (non-hydrogen) atoms. The van der Waals surface area contributed by atoms with E-state index in [-0.39, 0.29) is 11.8 Å². The number of amides is 1. The van der Waals surface area contributed by atoms with Crippen molar-refractivity contribution in [2.24, 2.45) is 0 Å². The number of carbonyl (C=O) groups excluding carboxylic acids is 1. The molecule has 4 nitrogen and oxygen atoms in total. The second kappa shape index (κ2) is 10.4. The molecule has 0 bridgehead atoms. The van der Waals surface area contributed by atoms with Gasteiger partial charge in [0.15, 0.2) is 11.7 Å². The molecule has 0 aliphatic carbocycles. The van der Waals surface area contributed by atoms with E-state index in [9.17, 15) is 4.79 Å². The van der Waals surface area contributed by atoms with Gasteiger partial charge >= 0.3 is 0 Å². The van der Waals surface area contributed by atoms with E-state index in [1.165, 1.54) is 11.1 Å². The zero-order chi connectivity index (χ0) is 21.3. The summed E-state index contributed by atoms with van der Waals surface area (Å²) in [5.74, 6) is 1.60. The molecule has 0 radical (unpaired) electrons. The van der Waals surface area contributed by atoms with Crippen LogP contribution in [0.4, 0.5) is 0 Å². The summed E-state index contributed by atoms with van der Waals surface area (Å²) in [6, 6.07) is 30.5. The summed E-state index contributed by atoms with van der Waals surface area (Å²) in [6.07, 6.45) is 3.53. The van der Waals surface area contributed by atoms with Crippen LogP contribution in [0.1, 0.15) is 35.8 Å². The van der Waals surface area contributed by atoms with Gasteiger partial charge < -0.3 is 9.73 Å². The smallest absolute Gasteiger partial charge is 0.220 e. The number of benzene rings is 3. The van der Waals surface area contributed by atoms with Crippen molar-refractivity contribution in [3.05, 3.63) is 114 Å². The molecule has 1 aromatic heterocycles.